The zero-order valence-corrected chi connectivity index (χ0v) is 9.62. The summed E-state index contributed by atoms with van der Waals surface area (Å²) >= 11 is 5.25. The third kappa shape index (κ3) is 3.70. The molecule has 0 aliphatic carbocycles. The zero-order valence-electron chi connectivity index (χ0n) is 7.22. The molecule has 1 aromatic heterocycles. The number of hydrogen-bond donors (Lipinski definition) is 1. The lowest BCUT2D eigenvalue weighted by molar-refractivity contribution is 0.627. The van der Waals surface area contributed by atoms with Crippen LogP contribution in [0.1, 0.15) is 24.6 Å². The normalized spacial score (nSPS) is 13.2. The number of nitrogens with two attached hydrogens (primary N) is 1. The first-order valence-electron chi connectivity index (χ1n) is 4.17. The van der Waals surface area contributed by atoms with Gasteiger partial charge in [-0.15, -0.1) is 11.3 Å². The van der Waals surface area contributed by atoms with Gasteiger partial charge in [0.25, 0.3) is 0 Å². The fraction of sp³-hybridized carbons (Fsp3) is 0.556. The fourth-order valence-electron chi connectivity index (χ4n) is 1.08. The predicted molar refractivity (Wildman–Crippen MR) is 58.6 cm³/mol. The highest BCUT2D eigenvalue weighted by Crippen LogP contribution is 2.21. The van der Waals surface area contributed by atoms with E-state index in [4.69, 9.17) is 5.73 Å². The maximum atomic E-state index is 5.66. The lowest BCUT2D eigenvalue weighted by atomic mass is 10.1. The maximum absolute atomic E-state index is 5.66. The minimum atomic E-state index is 0.341. The average Bonchev–Trinajstić information content (AvgIpc) is 2.35. The van der Waals surface area contributed by atoms with Gasteiger partial charge in [-0.05, 0) is 48.2 Å². The lowest BCUT2D eigenvalue weighted by Crippen LogP contribution is -2.14. The Kier molecular flexibility index (Phi) is 4.26. The van der Waals surface area contributed by atoms with E-state index in [1.165, 1.54) is 15.8 Å². The van der Waals surface area contributed by atoms with Crippen molar-refractivity contribution in [3.8, 4) is 0 Å². The molecule has 1 nitrogen and oxygen atoms in total. The van der Waals surface area contributed by atoms with Crippen LogP contribution in [0, 0.1) is 0 Å². The molecule has 3 heteroatoms. The molecule has 0 aliphatic rings. The summed E-state index contributed by atoms with van der Waals surface area (Å²) in [4.78, 5) is 1.45. The Hall–Kier alpha value is 0.140. The standard InChI is InChI=1S/C9H14BrNS/c1-7(11)3-2-4-9-5-8(10)6-12-9/h5-7H,2-4,11H2,1H3. The van der Waals surface area contributed by atoms with Crippen LogP contribution < -0.4 is 5.73 Å². The molecule has 0 aromatic carbocycles. The van der Waals surface area contributed by atoms with Gasteiger partial charge >= 0.3 is 0 Å². The number of rotatable bonds is 4. The Balaban J connectivity index is 2.24. The molecule has 0 saturated heterocycles. The smallest absolute Gasteiger partial charge is 0.0285 e. The third-order valence-corrected chi connectivity index (χ3v) is 3.46. The summed E-state index contributed by atoms with van der Waals surface area (Å²) in [5.41, 5.74) is 5.66. The van der Waals surface area contributed by atoms with E-state index in [9.17, 15) is 0 Å². The summed E-state index contributed by atoms with van der Waals surface area (Å²) in [6.45, 7) is 2.06. The molecule has 1 rings (SSSR count). The van der Waals surface area contributed by atoms with Crippen molar-refractivity contribution in [3.63, 3.8) is 0 Å². The zero-order chi connectivity index (χ0) is 8.97. The van der Waals surface area contributed by atoms with Gasteiger partial charge in [-0.25, -0.2) is 0 Å². The fourth-order valence-corrected chi connectivity index (χ4v) is 2.58. The van der Waals surface area contributed by atoms with Gasteiger partial charge in [-0.1, -0.05) is 0 Å². The number of hydrogen-bond acceptors (Lipinski definition) is 2. The highest BCUT2D eigenvalue weighted by molar-refractivity contribution is 9.10. The Labute approximate surface area is 86.1 Å². The third-order valence-electron chi connectivity index (χ3n) is 1.70. The van der Waals surface area contributed by atoms with E-state index in [1.807, 2.05) is 11.3 Å². The van der Waals surface area contributed by atoms with E-state index in [1.54, 1.807) is 0 Å². The second kappa shape index (κ2) is 5.00. The quantitative estimate of drug-likeness (QED) is 0.870. The summed E-state index contributed by atoms with van der Waals surface area (Å²) < 4.78 is 1.20. The van der Waals surface area contributed by atoms with Gasteiger partial charge in [0.2, 0.25) is 0 Å². The first-order valence-corrected chi connectivity index (χ1v) is 5.84. The molecule has 0 aliphatic heterocycles. The molecule has 0 fully saturated rings. The van der Waals surface area contributed by atoms with Gasteiger partial charge < -0.3 is 5.73 Å². The first-order chi connectivity index (χ1) is 5.68. The number of halogens is 1. The Morgan fingerprint density at radius 3 is 2.92 bits per heavy atom. The van der Waals surface area contributed by atoms with E-state index < -0.39 is 0 Å². The van der Waals surface area contributed by atoms with E-state index >= 15 is 0 Å². The Morgan fingerprint density at radius 2 is 2.42 bits per heavy atom. The lowest BCUT2D eigenvalue weighted by Gasteiger charge is -2.02. The minimum absolute atomic E-state index is 0.341. The van der Waals surface area contributed by atoms with Crippen molar-refractivity contribution in [2.45, 2.75) is 32.2 Å². The van der Waals surface area contributed by atoms with E-state index in [0.29, 0.717) is 6.04 Å². The monoisotopic (exact) mass is 247 g/mol. The Morgan fingerprint density at radius 1 is 1.67 bits per heavy atom. The van der Waals surface area contributed by atoms with Crippen molar-refractivity contribution in [2.75, 3.05) is 0 Å². The number of aryl methyl sites for hydroxylation is 1. The SMILES string of the molecule is CC(N)CCCc1cc(Br)cs1. The van der Waals surface area contributed by atoms with Gasteiger partial charge in [0, 0.05) is 20.8 Å². The second-order valence-electron chi connectivity index (χ2n) is 3.10. The van der Waals surface area contributed by atoms with Crippen LogP contribution in [0.3, 0.4) is 0 Å². The van der Waals surface area contributed by atoms with Crippen LogP contribution in [0.15, 0.2) is 15.9 Å². The molecule has 0 saturated carbocycles. The maximum Gasteiger partial charge on any atom is 0.0285 e. The molecule has 2 N–H and O–H groups in total. The molecule has 12 heavy (non-hydrogen) atoms. The minimum Gasteiger partial charge on any atom is -0.328 e. The van der Waals surface area contributed by atoms with Crippen molar-refractivity contribution < 1.29 is 0 Å². The van der Waals surface area contributed by atoms with Crippen LogP contribution in [0.25, 0.3) is 0 Å². The topological polar surface area (TPSA) is 26.0 Å². The van der Waals surface area contributed by atoms with Crippen molar-refractivity contribution >= 4 is 27.3 Å². The molecular weight excluding hydrogens is 234 g/mol. The molecule has 1 unspecified atom stereocenters. The molecule has 1 aromatic rings. The molecule has 0 spiro atoms. The van der Waals surface area contributed by atoms with Crippen molar-refractivity contribution in [2.24, 2.45) is 5.73 Å². The predicted octanol–water partition coefficient (Wildman–Crippen LogP) is 3.18. The molecular formula is C9H14BrNS. The van der Waals surface area contributed by atoms with Gasteiger partial charge in [0.05, 0.1) is 0 Å². The molecule has 0 radical (unpaired) electrons. The van der Waals surface area contributed by atoms with Gasteiger partial charge in [0.15, 0.2) is 0 Å². The van der Waals surface area contributed by atoms with Crippen LogP contribution in [-0.4, -0.2) is 6.04 Å². The van der Waals surface area contributed by atoms with Gasteiger partial charge in [0.1, 0.15) is 0 Å². The molecule has 0 bridgehead atoms. The van der Waals surface area contributed by atoms with Crippen LogP contribution in [0.2, 0.25) is 0 Å². The van der Waals surface area contributed by atoms with Gasteiger partial charge in [-0.2, -0.15) is 0 Å². The molecule has 68 valence electrons. The second-order valence-corrected chi connectivity index (χ2v) is 5.01. The van der Waals surface area contributed by atoms with Crippen LogP contribution in [0.4, 0.5) is 0 Å². The Bertz CT molecular complexity index is 232. The van der Waals surface area contributed by atoms with Crippen LogP contribution in [0.5, 0.6) is 0 Å². The summed E-state index contributed by atoms with van der Waals surface area (Å²) in [7, 11) is 0. The highest BCUT2D eigenvalue weighted by Gasteiger charge is 1.98. The highest BCUT2D eigenvalue weighted by atomic mass is 79.9. The van der Waals surface area contributed by atoms with Crippen molar-refractivity contribution in [1.29, 1.82) is 0 Å². The van der Waals surface area contributed by atoms with E-state index in [2.05, 4.69) is 34.3 Å². The van der Waals surface area contributed by atoms with E-state index in [-0.39, 0.29) is 0 Å². The van der Waals surface area contributed by atoms with Crippen molar-refractivity contribution in [1.82, 2.24) is 0 Å². The van der Waals surface area contributed by atoms with Crippen LogP contribution >= 0.6 is 27.3 Å². The molecule has 0 amide bonds. The molecule has 1 heterocycles. The van der Waals surface area contributed by atoms with Crippen LogP contribution in [-0.2, 0) is 6.42 Å². The summed E-state index contributed by atoms with van der Waals surface area (Å²) in [6.07, 6.45) is 3.48. The van der Waals surface area contributed by atoms with Gasteiger partial charge in [-0.3, -0.25) is 0 Å². The van der Waals surface area contributed by atoms with Crippen molar-refractivity contribution in [3.05, 3.63) is 20.8 Å². The largest absolute Gasteiger partial charge is 0.328 e. The summed E-state index contributed by atoms with van der Waals surface area (Å²) in [5, 5.41) is 2.13. The van der Waals surface area contributed by atoms with E-state index in [0.717, 1.165) is 12.8 Å². The first kappa shape index (κ1) is 10.2. The summed E-state index contributed by atoms with van der Waals surface area (Å²) in [6, 6.07) is 2.53. The average molecular weight is 248 g/mol. The molecule has 1 atom stereocenters. The number of thiophene rings is 1. The summed E-state index contributed by atoms with van der Waals surface area (Å²) in [5.74, 6) is 0.